The molecule has 0 radical (unpaired) electrons. The molecule has 2 aromatic rings. The maximum atomic E-state index is 10.5. The van der Waals surface area contributed by atoms with Gasteiger partial charge in [0.25, 0.3) is 0 Å². The topological polar surface area (TPSA) is 97.3 Å². The van der Waals surface area contributed by atoms with Gasteiger partial charge in [-0.3, -0.25) is 0 Å². The SMILES string of the molecule is C=C(CCCC)C(=O)[O-].C=Cc1ccc(S(=O)(=O)[O-])cc1.C=Cc1ccccc1.[Na+].[Na+]. The zero-order valence-electron chi connectivity index (χ0n) is 18.5. The molecule has 156 valence electrons. The molecule has 2 rings (SSSR count). The van der Waals surface area contributed by atoms with Crippen LogP contribution < -0.4 is 64.2 Å². The van der Waals surface area contributed by atoms with Crippen molar-refractivity contribution >= 4 is 28.2 Å². The van der Waals surface area contributed by atoms with E-state index in [-0.39, 0.29) is 69.6 Å². The van der Waals surface area contributed by atoms with Crippen LogP contribution in [-0.4, -0.2) is 18.9 Å². The van der Waals surface area contributed by atoms with Crippen molar-refractivity contribution < 1.29 is 82.0 Å². The molecule has 0 aliphatic carbocycles. The molecule has 0 amide bonds. The predicted molar refractivity (Wildman–Crippen MR) is 115 cm³/mol. The summed E-state index contributed by atoms with van der Waals surface area (Å²) in [5, 5.41) is 9.99. The number of benzene rings is 2. The first-order valence-corrected chi connectivity index (χ1v) is 10.3. The first-order valence-electron chi connectivity index (χ1n) is 8.90. The van der Waals surface area contributed by atoms with Gasteiger partial charge in [-0.2, -0.15) is 0 Å². The van der Waals surface area contributed by atoms with Crippen molar-refractivity contribution in [1.82, 2.24) is 0 Å². The molecule has 0 N–H and O–H groups in total. The van der Waals surface area contributed by atoms with Crippen molar-refractivity contribution in [3.8, 4) is 0 Å². The van der Waals surface area contributed by atoms with Crippen LogP contribution in [0.5, 0.6) is 0 Å². The number of unbranched alkanes of at least 4 members (excludes halogenated alkanes) is 1. The van der Waals surface area contributed by atoms with Crippen LogP contribution in [0.1, 0.15) is 37.3 Å². The average molecular weight is 461 g/mol. The summed E-state index contributed by atoms with van der Waals surface area (Å²) in [7, 11) is -4.31. The van der Waals surface area contributed by atoms with Crippen LogP contribution in [0.4, 0.5) is 0 Å². The maximum Gasteiger partial charge on any atom is 1.00 e. The van der Waals surface area contributed by atoms with Gasteiger partial charge < -0.3 is 14.5 Å². The molecular weight excluding hydrogens is 434 g/mol. The molecule has 5 nitrogen and oxygen atoms in total. The summed E-state index contributed by atoms with van der Waals surface area (Å²) in [6.07, 6.45) is 5.83. The van der Waals surface area contributed by atoms with Crippen molar-refractivity contribution in [3.63, 3.8) is 0 Å². The number of hydrogen-bond acceptors (Lipinski definition) is 5. The van der Waals surface area contributed by atoms with E-state index in [1.54, 1.807) is 6.08 Å². The largest absolute Gasteiger partial charge is 1.00 e. The summed E-state index contributed by atoms with van der Waals surface area (Å²) < 4.78 is 31.4. The zero-order chi connectivity index (χ0) is 22.3. The zero-order valence-corrected chi connectivity index (χ0v) is 23.4. The van der Waals surface area contributed by atoms with E-state index in [1.807, 2.05) is 43.3 Å². The van der Waals surface area contributed by atoms with Crippen molar-refractivity contribution in [3.05, 3.63) is 91.0 Å². The molecule has 0 aliphatic heterocycles. The van der Waals surface area contributed by atoms with Gasteiger partial charge in [-0.1, -0.05) is 87.7 Å². The summed E-state index contributed by atoms with van der Waals surface area (Å²) >= 11 is 0. The van der Waals surface area contributed by atoms with Crippen LogP contribution in [-0.2, 0) is 14.9 Å². The maximum absolute atomic E-state index is 10.5. The Morgan fingerprint density at radius 1 is 0.935 bits per heavy atom. The quantitative estimate of drug-likeness (QED) is 0.272. The molecule has 0 aromatic heterocycles. The third-order valence-electron chi connectivity index (χ3n) is 3.56. The fourth-order valence-corrected chi connectivity index (χ4v) is 2.32. The normalized spacial score (nSPS) is 9.10. The van der Waals surface area contributed by atoms with E-state index < -0.39 is 16.1 Å². The summed E-state index contributed by atoms with van der Waals surface area (Å²) in [4.78, 5) is 9.78. The second kappa shape index (κ2) is 19.7. The van der Waals surface area contributed by atoms with Crippen molar-refractivity contribution in [2.75, 3.05) is 0 Å². The molecule has 0 saturated heterocycles. The van der Waals surface area contributed by atoms with Crippen molar-refractivity contribution in [1.29, 1.82) is 0 Å². The molecule has 2 aromatic carbocycles. The first kappa shape index (κ1) is 34.6. The molecule has 0 unspecified atom stereocenters. The molecule has 0 heterocycles. The fourth-order valence-electron chi connectivity index (χ4n) is 1.85. The summed E-state index contributed by atoms with van der Waals surface area (Å²) in [5.41, 5.74) is 2.16. The molecule has 0 spiro atoms. The minimum atomic E-state index is -4.31. The standard InChI is InChI=1S/C8H8O3S.C8H8.C7H12O2.2Na/c1-2-7-3-5-8(6-4-7)12(9,10)11;1-2-8-6-4-3-5-7-8;1-3-4-5-6(2)7(8)9;;/h2-6H,1H2,(H,9,10,11);2-7H,1H2;2-5H2,1H3,(H,8,9);;/q;;;2*+1/p-2. The third kappa shape index (κ3) is 17.3. The van der Waals surface area contributed by atoms with Crippen molar-refractivity contribution in [2.24, 2.45) is 0 Å². The Balaban J connectivity index is -0.000000376. The molecule has 0 saturated carbocycles. The third-order valence-corrected chi connectivity index (χ3v) is 4.41. The number of hydrogen-bond donors (Lipinski definition) is 0. The number of rotatable bonds is 7. The molecule has 0 aliphatic rings. The van der Waals surface area contributed by atoms with Gasteiger partial charge in [0.05, 0.1) is 10.9 Å². The molecule has 0 atom stereocenters. The van der Waals surface area contributed by atoms with Crippen LogP contribution in [0.3, 0.4) is 0 Å². The van der Waals surface area contributed by atoms with E-state index in [1.165, 1.54) is 29.8 Å². The van der Waals surface area contributed by atoms with Gasteiger partial charge in [0.2, 0.25) is 0 Å². The van der Waals surface area contributed by atoms with E-state index >= 15 is 0 Å². The minimum absolute atomic E-state index is 0. The number of carboxylic acids is 1. The molecule has 8 heteroatoms. The monoisotopic (exact) mass is 460 g/mol. The molecular formula is C23H26Na2O5S. The summed E-state index contributed by atoms with van der Waals surface area (Å²) in [5.74, 6) is -1.12. The number of aliphatic carboxylic acids is 1. The summed E-state index contributed by atoms with van der Waals surface area (Å²) in [6.45, 7) is 12.5. The van der Waals surface area contributed by atoms with Crippen LogP contribution in [0.2, 0.25) is 0 Å². The van der Waals surface area contributed by atoms with Gasteiger partial charge in [0.15, 0.2) is 0 Å². The second-order valence-corrected chi connectivity index (χ2v) is 7.22. The Hall–Kier alpha value is -0.960. The smallest absolute Gasteiger partial charge is 0.744 e. The second-order valence-electron chi connectivity index (χ2n) is 5.84. The van der Waals surface area contributed by atoms with Gasteiger partial charge in [0, 0.05) is 0 Å². The van der Waals surface area contributed by atoms with Gasteiger partial charge in [0.1, 0.15) is 10.1 Å². The van der Waals surface area contributed by atoms with Gasteiger partial charge in [-0.15, -0.1) is 0 Å². The Labute approximate surface area is 230 Å². The molecule has 0 bridgehead atoms. The number of carboxylic acid groups (broad SMARTS) is 1. The number of carbonyl (C=O) groups excluding carboxylic acids is 1. The van der Waals surface area contributed by atoms with Crippen LogP contribution in [0, 0.1) is 0 Å². The fraction of sp³-hybridized carbons (Fsp3) is 0.174. The Bertz CT molecular complexity index is 893. The van der Waals surface area contributed by atoms with Crippen LogP contribution in [0.25, 0.3) is 12.2 Å². The van der Waals surface area contributed by atoms with E-state index in [0.717, 1.165) is 18.4 Å². The average Bonchev–Trinajstić information content (AvgIpc) is 2.72. The number of carbonyl (C=O) groups is 1. The minimum Gasteiger partial charge on any atom is -0.744 e. The van der Waals surface area contributed by atoms with E-state index in [4.69, 9.17) is 0 Å². The molecule has 31 heavy (non-hydrogen) atoms. The van der Waals surface area contributed by atoms with Gasteiger partial charge >= 0.3 is 59.1 Å². The Morgan fingerprint density at radius 2 is 1.39 bits per heavy atom. The predicted octanol–water partition coefficient (Wildman–Crippen LogP) is -1.95. The van der Waals surface area contributed by atoms with E-state index in [2.05, 4.69) is 19.7 Å². The van der Waals surface area contributed by atoms with Crippen molar-refractivity contribution in [2.45, 2.75) is 31.1 Å². The van der Waals surface area contributed by atoms with Gasteiger partial charge in [-0.05, 0) is 41.7 Å². The Morgan fingerprint density at radius 3 is 1.71 bits per heavy atom. The van der Waals surface area contributed by atoms with Crippen LogP contribution in [0.15, 0.2) is 84.8 Å². The summed E-state index contributed by atoms with van der Waals surface area (Å²) in [6, 6.07) is 15.6. The van der Waals surface area contributed by atoms with Crippen LogP contribution >= 0.6 is 0 Å². The molecule has 0 fully saturated rings. The van der Waals surface area contributed by atoms with E-state index in [9.17, 15) is 22.9 Å². The first-order chi connectivity index (χ1) is 13.6. The Kier molecular flexibility index (Phi) is 22.0. The van der Waals surface area contributed by atoms with E-state index in [0.29, 0.717) is 6.42 Å². The van der Waals surface area contributed by atoms with Gasteiger partial charge in [-0.25, -0.2) is 8.42 Å².